The maximum Gasteiger partial charge on any atom is 0.269 e. The molecule has 0 fully saturated rings. The third kappa shape index (κ3) is 4.45. The summed E-state index contributed by atoms with van der Waals surface area (Å²) >= 11 is 0. The Kier molecular flexibility index (Phi) is 4.71. The fraction of sp³-hybridized carbons (Fsp3) is 0.267. The first-order chi connectivity index (χ1) is 10.0. The van der Waals surface area contributed by atoms with Crippen LogP contribution in [0.25, 0.3) is 0 Å². The molecule has 110 valence electrons. The lowest BCUT2D eigenvalue weighted by molar-refractivity contribution is -0.384. The van der Waals surface area contributed by atoms with E-state index < -0.39 is 4.92 Å². The molecule has 0 aliphatic carbocycles. The number of nitro groups is 1. The maximum absolute atomic E-state index is 10.5. The minimum absolute atomic E-state index is 0.0429. The van der Waals surface area contributed by atoms with Crippen molar-refractivity contribution in [3.05, 3.63) is 57.9 Å². The predicted octanol–water partition coefficient (Wildman–Crippen LogP) is 3.06. The van der Waals surface area contributed by atoms with Crippen molar-refractivity contribution in [2.45, 2.75) is 13.8 Å². The number of hydrogen-bond acceptors (Lipinski definition) is 5. The molecule has 0 atom stereocenters. The van der Waals surface area contributed by atoms with Crippen molar-refractivity contribution in [3.63, 3.8) is 0 Å². The van der Waals surface area contributed by atoms with E-state index in [1.165, 1.54) is 12.1 Å². The van der Waals surface area contributed by atoms with E-state index in [1.54, 1.807) is 12.1 Å². The Morgan fingerprint density at radius 3 is 2.05 bits per heavy atom. The minimum atomic E-state index is -0.443. The lowest BCUT2D eigenvalue weighted by atomic mass is 10.3. The third-order valence-corrected chi connectivity index (χ3v) is 2.72. The van der Waals surface area contributed by atoms with E-state index in [2.05, 4.69) is 4.98 Å². The van der Waals surface area contributed by atoms with Crippen molar-refractivity contribution in [3.8, 4) is 11.5 Å². The number of benzene rings is 1. The Labute approximate surface area is 122 Å². The smallest absolute Gasteiger partial charge is 0.269 e. The summed E-state index contributed by atoms with van der Waals surface area (Å²) in [5.74, 6) is 1.33. The summed E-state index contributed by atoms with van der Waals surface area (Å²) in [5.41, 5.74) is 1.85. The van der Waals surface area contributed by atoms with Gasteiger partial charge in [0.05, 0.1) is 4.92 Å². The highest BCUT2D eigenvalue weighted by Gasteiger charge is 2.04. The fourth-order valence-corrected chi connectivity index (χ4v) is 1.86. The Morgan fingerprint density at radius 1 is 1.00 bits per heavy atom. The van der Waals surface area contributed by atoms with E-state index in [1.807, 2.05) is 26.0 Å². The van der Waals surface area contributed by atoms with Crippen LogP contribution in [0.5, 0.6) is 11.5 Å². The first kappa shape index (κ1) is 14.8. The van der Waals surface area contributed by atoms with Gasteiger partial charge in [0.25, 0.3) is 5.69 Å². The number of nitrogens with zero attached hydrogens (tertiary/aromatic N) is 2. The zero-order chi connectivity index (χ0) is 15.2. The Morgan fingerprint density at radius 2 is 1.52 bits per heavy atom. The average molecular weight is 288 g/mol. The van der Waals surface area contributed by atoms with Gasteiger partial charge in [-0.3, -0.25) is 15.1 Å². The molecule has 0 N–H and O–H groups in total. The number of aromatic nitrogens is 1. The quantitative estimate of drug-likeness (QED) is 0.464. The molecule has 0 saturated carbocycles. The van der Waals surface area contributed by atoms with Crippen LogP contribution in [-0.4, -0.2) is 23.1 Å². The second kappa shape index (κ2) is 6.69. The maximum atomic E-state index is 10.5. The van der Waals surface area contributed by atoms with Crippen LogP contribution in [0.15, 0.2) is 36.4 Å². The lowest BCUT2D eigenvalue weighted by Crippen LogP contribution is -2.09. The molecule has 21 heavy (non-hydrogen) atoms. The number of ether oxygens (including phenoxy) is 2. The van der Waals surface area contributed by atoms with Crippen LogP contribution in [0, 0.1) is 24.0 Å². The molecule has 0 amide bonds. The topological polar surface area (TPSA) is 74.5 Å². The molecular weight excluding hydrogens is 272 g/mol. The van der Waals surface area contributed by atoms with E-state index in [4.69, 9.17) is 9.47 Å². The summed E-state index contributed by atoms with van der Waals surface area (Å²) in [5, 5.41) is 10.5. The molecule has 0 bridgehead atoms. The summed E-state index contributed by atoms with van der Waals surface area (Å²) in [6.07, 6.45) is 0. The van der Waals surface area contributed by atoms with E-state index >= 15 is 0 Å². The SMILES string of the molecule is Cc1cc(OCCOc2ccc([N+](=O)[O-])cc2)cc(C)n1. The lowest BCUT2D eigenvalue weighted by Gasteiger charge is -2.09. The zero-order valence-electron chi connectivity index (χ0n) is 11.9. The molecule has 2 aromatic rings. The van der Waals surface area contributed by atoms with E-state index in [0.29, 0.717) is 19.0 Å². The molecule has 1 aromatic carbocycles. The summed E-state index contributed by atoms with van der Waals surface area (Å²) < 4.78 is 11.0. The van der Waals surface area contributed by atoms with Crippen molar-refractivity contribution in [1.82, 2.24) is 4.98 Å². The monoisotopic (exact) mass is 288 g/mol. The standard InChI is InChI=1S/C15H16N2O4/c1-11-9-15(10-12(2)16-11)21-8-7-20-14-5-3-13(4-6-14)17(18)19/h3-6,9-10H,7-8H2,1-2H3. The summed E-state index contributed by atoms with van der Waals surface area (Å²) in [6, 6.07) is 9.67. The van der Waals surface area contributed by atoms with Crippen LogP contribution in [0.1, 0.15) is 11.4 Å². The fourth-order valence-electron chi connectivity index (χ4n) is 1.86. The predicted molar refractivity (Wildman–Crippen MR) is 77.8 cm³/mol. The van der Waals surface area contributed by atoms with Gasteiger partial charge in [0.15, 0.2) is 0 Å². The molecule has 0 aliphatic rings. The van der Waals surface area contributed by atoms with Gasteiger partial charge in [-0.1, -0.05) is 0 Å². The number of rotatable bonds is 6. The van der Waals surface area contributed by atoms with Crippen LogP contribution in [0.2, 0.25) is 0 Å². The highest BCUT2D eigenvalue weighted by atomic mass is 16.6. The van der Waals surface area contributed by atoms with Crippen LogP contribution in [-0.2, 0) is 0 Å². The van der Waals surface area contributed by atoms with Crippen LogP contribution in [0.3, 0.4) is 0 Å². The van der Waals surface area contributed by atoms with Crippen molar-refractivity contribution in [2.75, 3.05) is 13.2 Å². The molecule has 0 saturated heterocycles. The molecule has 0 spiro atoms. The number of nitro benzene ring substituents is 1. The van der Waals surface area contributed by atoms with Gasteiger partial charge in [-0.2, -0.15) is 0 Å². The Balaban J connectivity index is 1.80. The van der Waals surface area contributed by atoms with Crippen molar-refractivity contribution >= 4 is 5.69 Å². The molecule has 6 heteroatoms. The first-order valence-corrected chi connectivity index (χ1v) is 6.50. The molecule has 0 radical (unpaired) electrons. The van der Waals surface area contributed by atoms with Gasteiger partial charge in [0, 0.05) is 35.7 Å². The number of hydrogen-bond donors (Lipinski definition) is 0. The Bertz CT molecular complexity index is 606. The minimum Gasteiger partial charge on any atom is -0.490 e. The van der Waals surface area contributed by atoms with Crippen LogP contribution in [0.4, 0.5) is 5.69 Å². The van der Waals surface area contributed by atoms with Gasteiger partial charge in [0.2, 0.25) is 0 Å². The molecule has 1 heterocycles. The second-order valence-electron chi connectivity index (χ2n) is 4.53. The first-order valence-electron chi connectivity index (χ1n) is 6.50. The number of aryl methyl sites for hydroxylation is 2. The van der Waals surface area contributed by atoms with Crippen molar-refractivity contribution < 1.29 is 14.4 Å². The van der Waals surface area contributed by atoms with E-state index in [0.717, 1.165) is 17.1 Å². The van der Waals surface area contributed by atoms with E-state index in [-0.39, 0.29) is 5.69 Å². The largest absolute Gasteiger partial charge is 0.490 e. The molecule has 2 rings (SSSR count). The summed E-state index contributed by atoms with van der Waals surface area (Å²) in [7, 11) is 0. The molecule has 0 unspecified atom stereocenters. The van der Waals surface area contributed by atoms with Gasteiger partial charge >= 0.3 is 0 Å². The number of pyridine rings is 1. The average Bonchev–Trinajstić information content (AvgIpc) is 2.43. The van der Waals surface area contributed by atoms with E-state index in [9.17, 15) is 10.1 Å². The van der Waals surface area contributed by atoms with Gasteiger partial charge in [0.1, 0.15) is 24.7 Å². The molecule has 0 aliphatic heterocycles. The highest BCUT2D eigenvalue weighted by molar-refractivity contribution is 5.36. The third-order valence-electron chi connectivity index (χ3n) is 2.72. The van der Waals surface area contributed by atoms with Gasteiger partial charge < -0.3 is 9.47 Å². The second-order valence-corrected chi connectivity index (χ2v) is 4.53. The Hall–Kier alpha value is -2.63. The molecular formula is C15H16N2O4. The summed E-state index contributed by atoms with van der Waals surface area (Å²) in [6.45, 7) is 4.57. The van der Waals surface area contributed by atoms with Gasteiger partial charge in [-0.05, 0) is 26.0 Å². The van der Waals surface area contributed by atoms with Crippen molar-refractivity contribution in [1.29, 1.82) is 0 Å². The zero-order valence-corrected chi connectivity index (χ0v) is 11.9. The highest BCUT2D eigenvalue weighted by Crippen LogP contribution is 2.17. The van der Waals surface area contributed by atoms with Crippen LogP contribution < -0.4 is 9.47 Å². The normalized spacial score (nSPS) is 10.2. The molecule has 1 aromatic heterocycles. The molecule has 6 nitrogen and oxygen atoms in total. The van der Waals surface area contributed by atoms with Crippen LogP contribution >= 0.6 is 0 Å². The number of non-ortho nitro benzene ring substituents is 1. The summed E-state index contributed by atoms with van der Waals surface area (Å²) in [4.78, 5) is 14.3. The van der Waals surface area contributed by atoms with Crippen molar-refractivity contribution in [2.24, 2.45) is 0 Å². The van der Waals surface area contributed by atoms with Gasteiger partial charge in [-0.25, -0.2) is 0 Å². The van der Waals surface area contributed by atoms with Gasteiger partial charge in [-0.15, -0.1) is 0 Å².